The van der Waals surface area contributed by atoms with Gasteiger partial charge >= 0.3 is 6.09 Å². The number of likely N-dealkylation sites (tertiary alicyclic amines) is 3. The molecule has 0 unspecified atom stereocenters. The summed E-state index contributed by atoms with van der Waals surface area (Å²) < 4.78 is 28.8. The molecule has 0 N–H and O–H groups in total. The molecule has 0 aliphatic carbocycles. The second-order valence-electron chi connectivity index (χ2n) is 11.4. The predicted molar refractivity (Wildman–Crippen MR) is 156 cm³/mol. The van der Waals surface area contributed by atoms with E-state index in [9.17, 15) is 18.0 Å². The number of ether oxygens (including phenoxy) is 1. The lowest BCUT2D eigenvalue weighted by Gasteiger charge is -2.40. The van der Waals surface area contributed by atoms with Gasteiger partial charge in [-0.1, -0.05) is 42.5 Å². The van der Waals surface area contributed by atoms with E-state index in [4.69, 9.17) is 4.74 Å². The minimum absolute atomic E-state index is 0. The Bertz CT molecular complexity index is 1280. The normalized spacial score (nSPS) is 22.8. The van der Waals surface area contributed by atoms with Crippen LogP contribution in [0.2, 0.25) is 0 Å². The van der Waals surface area contributed by atoms with Crippen LogP contribution in [0.15, 0.2) is 59.5 Å². The van der Waals surface area contributed by atoms with Crippen molar-refractivity contribution in [3.63, 3.8) is 0 Å². The van der Waals surface area contributed by atoms with E-state index in [1.165, 1.54) is 6.26 Å². The number of sulfone groups is 1. The molecule has 218 valence electrons. The van der Waals surface area contributed by atoms with E-state index in [0.717, 1.165) is 63.1 Å². The largest absolute Gasteiger partial charge is 0.450 e. The van der Waals surface area contributed by atoms with Gasteiger partial charge in [-0.15, -0.1) is 12.4 Å². The zero-order valence-electron chi connectivity index (χ0n) is 23.3. The minimum Gasteiger partial charge on any atom is -0.450 e. The molecule has 0 bridgehead atoms. The number of rotatable bonds is 6. The standard InChI is InChI=1S/C30H39N3O5S.ClH/c1-3-38-29(35)33-20-26(24-7-5-4-6-8-24)27(21-33)28(34)32-17-14-30(15-18-32)13-16-31(22-30)19-23-9-11-25(12-10-23)39(2,36)37;/h4-12,26-27H,3,13-22H2,1-2H3;1H/t26-,27-;/m1./s1. The van der Waals surface area contributed by atoms with Crippen LogP contribution >= 0.6 is 12.4 Å². The van der Waals surface area contributed by atoms with Gasteiger partial charge in [0, 0.05) is 51.4 Å². The summed E-state index contributed by atoms with van der Waals surface area (Å²) in [5.74, 6) is -0.151. The van der Waals surface area contributed by atoms with E-state index in [2.05, 4.69) is 4.90 Å². The molecule has 2 aromatic carbocycles. The highest BCUT2D eigenvalue weighted by Crippen LogP contribution is 2.42. The number of nitrogens with zero attached hydrogens (tertiary/aromatic N) is 3. The molecule has 0 saturated carbocycles. The highest BCUT2D eigenvalue weighted by molar-refractivity contribution is 7.90. The Morgan fingerprint density at radius 3 is 2.20 bits per heavy atom. The van der Waals surface area contributed by atoms with Crippen LogP contribution < -0.4 is 0 Å². The maximum atomic E-state index is 13.8. The van der Waals surface area contributed by atoms with Crippen LogP contribution in [-0.4, -0.2) is 87.2 Å². The number of benzene rings is 2. The molecule has 0 aromatic heterocycles. The van der Waals surface area contributed by atoms with E-state index in [1.807, 2.05) is 47.4 Å². The van der Waals surface area contributed by atoms with Gasteiger partial charge in [0.2, 0.25) is 5.91 Å². The second kappa shape index (κ2) is 12.5. The molecule has 3 saturated heterocycles. The van der Waals surface area contributed by atoms with Gasteiger partial charge in [0.05, 0.1) is 17.4 Å². The quantitative estimate of drug-likeness (QED) is 0.502. The Labute approximate surface area is 244 Å². The Hall–Kier alpha value is -2.62. The molecule has 10 heteroatoms. The molecule has 2 aromatic rings. The van der Waals surface area contributed by atoms with Gasteiger partial charge in [-0.3, -0.25) is 9.69 Å². The lowest BCUT2D eigenvalue weighted by atomic mass is 9.77. The van der Waals surface area contributed by atoms with Crippen molar-refractivity contribution in [2.45, 2.75) is 43.5 Å². The Morgan fingerprint density at radius 1 is 0.925 bits per heavy atom. The van der Waals surface area contributed by atoms with Gasteiger partial charge in [-0.25, -0.2) is 13.2 Å². The third-order valence-electron chi connectivity index (χ3n) is 8.80. The average Bonchev–Trinajstić information content (AvgIpc) is 3.54. The molecular weight excluding hydrogens is 550 g/mol. The Balaban J connectivity index is 0.00000370. The molecule has 0 radical (unpaired) electrons. The van der Waals surface area contributed by atoms with Crippen molar-refractivity contribution in [3.05, 3.63) is 65.7 Å². The molecule has 3 fully saturated rings. The molecule has 8 nitrogen and oxygen atoms in total. The Kier molecular flexibility index (Phi) is 9.47. The molecular formula is C30H40ClN3O5S. The number of hydrogen-bond donors (Lipinski definition) is 0. The first kappa shape index (κ1) is 30.3. The molecule has 3 heterocycles. The summed E-state index contributed by atoms with van der Waals surface area (Å²) >= 11 is 0. The number of carbonyl (C=O) groups excluding carboxylic acids is 2. The van der Waals surface area contributed by atoms with Crippen molar-refractivity contribution in [1.29, 1.82) is 0 Å². The lowest BCUT2D eigenvalue weighted by molar-refractivity contribution is -0.137. The number of piperidine rings is 1. The zero-order chi connectivity index (χ0) is 27.6. The van der Waals surface area contributed by atoms with Crippen LogP contribution in [0.1, 0.15) is 43.2 Å². The highest BCUT2D eigenvalue weighted by Gasteiger charge is 2.46. The first-order valence-electron chi connectivity index (χ1n) is 13.9. The summed E-state index contributed by atoms with van der Waals surface area (Å²) in [6.45, 7) is 7.31. The molecule has 2 amide bonds. The first-order chi connectivity index (χ1) is 18.7. The van der Waals surface area contributed by atoms with E-state index in [0.29, 0.717) is 24.6 Å². The van der Waals surface area contributed by atoms with Crippen LogP contribution in [0.4, 0.5) is 4.79 Å². The fraction of sp³-hybridized carbons (Fsp3) is 0.533. The van der Waals surface area contributed by atoms with Gasteiger partial charge in [0.25, 0.3) is 0 Å². The van der Waals surface area contributed by atoms with E-state index >= 15 is 0 Å². The maximum absolute atomic E-state index is 13.8. The van der Waals surface area contributed by atoms with Crippen LogP contribution in [0.3, 0.4) is 0 Å². The molecule has 40 heavy (non-hydrogen) atoms. The number of carbonyl (C=O) groups is 2. The van der Waals surface area contributed by atoms with Crippen molar-refractivity contribution >= 4 is 34.2 Å². The minimum atomic E-state index is -3.19. The van der Waals surface area contributed by atoms with E-state index in [-0.39, 0.29) is 41.7 Å². The van der Waals surface area contributed by atoms with Crippen LogP contribution in [0, 0.1) is 11.3 Å². The van der Waals surface area contributed by atoms with Crippen molar-refractivity contribution in [2.24, 2.45) is 11.3 Å². The van der Waals surface area contributed by atoms with Gasteiger partial charge in [0.1, 0.15) is 0 Å². The smallest absolute Gasteiger partial charge is 0.409 e. The van der Waals surface area contributed by atoms with Crippen molar-refractivity contribution in [1.82, 2.24) is 14.7 Å². The number of hydrogen-bond acceptors (Lipinski definition) is 6. The first-order valence-corrected chi connectivity index (χ1v) is 15.8. The third kappa shape index (κ3) is 6.64. The van der Waals surface area contributed by atoms with Gasteiger partial charge in [-0.05, 0) is 61.4 Å². The Morgan fingerprint density at radius 2 is 1.57 bits per heavy atom. The lowest BCUT2D eigenvalue weighted by Crippen LogP contribution is -2.47. The number of halogens is 1. The number of amides is 2. The molecule has 2 atom stereocenters. The van der Waals surface area contributed by atoms with Gasteiger partial charge in [-0.2, -0.15) is 0 Å². The van der Waals surface area contributed by atoms with Gasteiger partial charge < -0.3 is 14.5 Å². The topological polar surface area (TPSA) is 87.2 Å². The van der Waals surface area contributed by atoms with Gasteiger partial charge in [0.15, 0.2) is 9.84 Å². The predicted octanol–water partition coefficient (Wildman–Crippen LogP) is 4.20. The summed E-state index contributed by atoms with van der Waals surface area (Å²) in [6, 6.07) is 17.2. The fourth-order valence-electron chi connectivity index (χ4n) is 6.56. The summed E-state index contributed by atoms with van der Waals surface area (Å²) in [5.41, 5.74) is 2.42. The maximum Gasteiger partial charge on any atom is 0.409 e. The zero-order valence-corrected chi connectivity index (χ0v) is 25.0. The van der Waals surface area contributed by atoms with Crippen molar-refractivity contribution in [3.8, 4) is 0 Å². The van der Waals surface area contributed by atoms with Crippen LogP contribution in [-0.2, 0) is 25.9 Å². The van der Waals surface area contributed by atoms with Crippen LogP contribution in [0.5, 0.6) is 0 Å². The third-order valence-corrected chi connectivity index (χ3v) is 9.93. The van der Waals surface area contributed by atoms with Crippen molar-refractivity contribution < 1.29 is 22.7 Å². The summed E-state index contributed by atoms with van der Waals surface area (Å²) in [7, 11) is -3.19. The second-order valence-corrected chi connectivity index (χ2v) is 13.4. The molecule has 1 spiro atoms. The average molecular weight is 590 g/mol. The van der Waals surface area contributed by atoms with Crippen molar-refractivity contribution in [2.75, 3.05) is 52.1 Å². The molecule has 3 aliphatic rings. The molecule has 5 rings (SSSR count). The summed E-state index contributed by atoms with van der Waals surface area (Å²) in [5, 5.41) is 0. The SMILES string of the molecule is CCOC(=O)N1C[C@H](c2ccccc2)[C@H](C(=O)N2CCC3(CCN(Cc4ccc(S(C)(=O)=O)cc4)C3)CC2)C1.Cl. The fourth-order valence-corrected chi connectivity index (χ4v) is 7.19. The van der Waals surface area contributed by atoms with E-state index < -0.39 is 9.84 Å². The van der Waals surface area contributed by atoms with Crippen LogP contribution in [0.25, 0.3) is 0 Å². The monoisotopic (exact) mass is 589 g/mol. The summed E-state index contributed by atoms with van der Waals surface area (Å²) in [6.07, 6.45) is 3.96. The van der Waals surface area contributed by atoms with E-state index in [1.54, 1.807) is 24.0 Å². The highest BCUT2D eigenvalue weighted by atomic mass is 35.5. The summed E-state index contributed by atoms with van der Waals surface area (Å²) in [4.78, 5) is 32.8. The molecule has 3 aliphatic heterocycles.